The Morgan fingerprint density at radius 1 is 1.33 bits per heavy atom. The van der Waals surface area contributed by atoms with Gasteiger partial charge in [-0.2, -0.15) is 0 Å². The molecule has 4 nitrogen and oxygen atoms in total. The van der Waals surface area contributed by atoms with E-state index < -0.39 is 5.82 Å². The number of amides is 1. The molecule has 0 spiro atoms. The van der Waals surface area contributed by atoms with E-state index in [-0.39, 0.29) is 16.7 Å². The van der Waals surface area contributed by atoms with Gasteiger partial charge in [0.05, 0.1) is 27.5 Å². The largest absolute Gasteiger partial charge is 0.324 e. The van der Waals surface area contributed by atoms with Crippen LogP contribution < -0.4 is 5.32 Å². The van der Waals surface area contributed by atoms with E-state index in [0.717, 1.165) is 22.7 Å². The minimum Gasteiger partial charge on any atom is -0.324 e. The summed E-state index contributed by atoms with van der Waals surface area (Å²) in [6.07, 6.45) is 0. The normalized spacial score (nSPS) is 11.0. The number of benzene rings is 2. The molecule has 1 amide bonds. The van der Waals surface area contributed by atoms with Crippen molar-refractivity contribution in [2.45, 2.75) is 18.6 Å². The van der Waals surface area contributed by atoms with Gasteiger partial charge in [-0.25, -0.2) is 9.37 Å². The average Bonchev–Trinajstić information content (AvgIpc) is 2.93. The minimum atomic E-state index is -0.441. The second-order valence-electron chi connectivity index (χ2n) is 5.09. The van der Waals surface area contributed by atoms with Crippen LogP contribution in [0.4, 0.5) is 10.1 Å². The Bertz CT molecular complexity index is 897. The number of carbonyl (C=O) groups is 1. The summed E-state index contributed by atoms with van der Waals surface area (Å²) in [5.41, 5.74) is 2.35. The standard InChI is InChI=1S/C17H15ClFN3OS/c1-2-22-15-6-4-3-5-14(15)21-17(22)24-10-16(23)20-13-8-7-11(19)9-12(13)18/h3-9H,2,10H2,1H3,(H,20,23). The highest BCUT2D eigenvalue weighted by Gasteiger charge is 2.12. The van der Waals surface area contributed by atoms with Gasteiger partial charge in [0.25, 0.3) is 0 Å². The van der Waals surface area contributed by atoms with Crippen LogP contribution in [-0.2, 0) is 11.3 Å². The number of nitrogens with zero attached hydrogens (tertiary/aromatic N) is 2. The Kier molecular flexibility index (Phi) is 5.06. The number of fused-ring (bicyclic) bond motifs is 1. The van der Waals surface area contributed by atoms with Crippen molar-refractivity contribution in [1.29, 1.82) is 0 Å². The number of imidazole rings is 1. The molecule has 124 valence electrons. The molecule has 0 unspecified atom stereocenters. The fourth-order valence-electron chi connectivity index (χ4n) is 2.38. The maximum Gasteiger partial charge on any atom is 0.234 e. The summed E-state index contributed by atoms with van der Waals surface area (Å²) in [7, 11) is 0. The Balaban J connectivity index is 1.70. The van der Waals surface area contributed by atoms with Gasteiger partial charge in [0.1, 0.15) is 5.82 Å². The summed E-state index contributed by atoms with van der Waals surface area (Å²) in [6.45, 7) is 2.81. The first-order chi connectivity index (χ1) is 11.6. The van der Waals surface area contributed by atoms with Crippen LogP contribution in [0.25, 0.3) is 11.0 Å². The van der Waals surface area contributed by atoms with Crippen LogP contribution in [0.15, 0.2) is 47.6 Å². The molecule has 24 heavy (non-hydrogen) atoms. The predicted molar refractivity (Wildman–Crippen MR) is 96.2 cm³/mol. The Hall–Kier alpha value is -2.05. The molecule has 1 aromatic heterocycles. The van der Waals surface area contributed by atoms with Crippen LogP contribution in [-0.4, -0.2) is 21.2 Å². The molecule has 3 aromatic rings. The molecule has 1 N–H and O–H groups in total. The van der Waals surface area contributed by atoms with Gasteiger partial charge >= 0.3 is 0 Å². The van der Waals surface area contributed by atoms with Gasteiger partial charge in [-0.05, 0) is 37.3 Å². The zero-order valence-electron chi connectivity index (χ0n) is 12.9. The lowest BCUT2D eigenvalue weighted by Gasteiger charge is -2.08. The topological polar surface area (TPSA) is 46.9 Å². The van der Waals surface area contributed by atoms with Crippen molar-refractivity contribution in [3.05, 3.63) is 53.3 Å². The molecule has 0 aliphatic carbocycles. The highest BCUT2D eigenvalue weighted by molar-refractivity contribution is 7.99. The Morgan fingerprint density at radius 2 is 2.12 bits per heavy atom. The number of aryl methyl sites for hydroxylation is 1. The number of halogens is 2. The van der Waals surface area contributed by atoms with Crippen molar-refractivity contribution >= 4 is 46.0 Å². The van der Waals surface area contributed by atoms with E-state index in [0.29, 0.717) is 5.69 Å². The fraction of sp³-hybridized carbons (Fsp3) is 0.176. The molecule has 0 atom stereocenters. The molecular weight excluding hydrogens is 349 g/mol. The maximum absolute atomic E-state index is 13.0. The molecule has 2 aromatic carbocycles. The van der Waals surface area contributed by atoms with E-state index in [4.69, 9.17) is 11.6 Å². The van der Waals surface area contributed by atoms with Crippen LogP contribution in [0.5, 0.6) is 0 Å². The molecule has 0 aliphatic heterocycles. The first kappa shape index (κ1) is 16.8. The van der Waals surface area contributed by atoms with Gasteiger partial charge in [0.15, 0.2) is 5.16 Å². The van der Waals surface area contributed by atoms with Crippen LogP contribution in [0.3, 0.4) is 0 Å². The molecule has 1 heterocycles. The van der Waals surface area contributed by atoms with E-state index in [1.165, 1.54) is 30.0 Å². The number of hydrogen-bond acceptors (Lipinski definition) is 3. The number of hydrogen-bond donors (Lipinski definition) is 1. The number of carbonyl (C=O) groups excluding carboxylic acids is 1. The van der Waals surface area contributed by atoms with Gasteiger partial charge in [0, 0.05) is 6.54 Å². The molecule has 0 saturated carbocycles. The summed E-state index contributed by atoms with van der Waals surface area (Å²) < 4.78 is 15.1. The molecule has 3 rings (SSSR count). The number of thioether (sulfide) groups is 1. The van der Waals surface area contributed by atoms with Crippen molar-refractivity contribution in [2.75, 3.05) is 11.1 Å². The Morgan fingerprint density at radius 3 is 2.88 bits per heavy atom. The molecular formula is C17H15ClFN3OS. The summed E-state index contributed by atoms with van der Waals surface area (Å²) in [6, 6.07) is 11.7. The molecule has 0 radical (unpaired) electrons. The average molecular weight is 364 g/mol. The summed E-state index contributed by atoms with van der Waals surface area (Å²) in [5.74, 6) is -0.468. The Labute approximate surface area is 148 Å². The minimum absolute atomic E-state index is 0.175. The second-order valence-corrected chi connectivity index (χ2v) is 6.44. The molecule has 0 saturated heterocycles. The lowest BCUT2D eigenvalue weighted by molar-refractivity contribution is -0.113. The van der Waals surface area contributed by atoms with Crippen molar-refractivity contribution in [3.63, 3.8) is 0 Å². The van der Waals surface area contributed by atoms with Gasteiger partial charge in [-0.1, -0.05) is 35.5 Å². The summed E-state index contributed by atoms with van der Waals surface area (Å²) in [5, 5.41) is 3.65. The predicted octanol–water partition coefficient (Wildman–Crippen LogP) is 4.58. The molecule has 0 fully saturated rings. The zero-order valence-corrected chi connectivity index (χ0v) is 14.5. The lowest BCUT2D eigenvalue weighted by atomic mass is 10.3. The third-order valence-corrected chi connectivity index (χ3v) is 4.76. The van der Waals surface area contributed by atoms with Crippen LogP contribution in [0, 0.1) is 5.82 Å². The highest BCUT2D eigenvalue weighted by atomic mass is 35.5. The molecule has 7 heteroatoms. The quantitative estimate of drug-likeness (QED) is 0.675. The first-order valence-electron chi connectivity index (χ1n) is 7.41. The number of nitrogens with one attached hydrogen (secondary N) is 1. The van der Waals surface area contributed by atoms with Crippen molar-refractivity contribution in [1.82, 2.24) is 9.55 Å². The van der Waals surface area contributed by atoms with Gasteiger partial charge in [0.2, 0.25) is 5.91 Å². The summed E-state index contributed by atoms with van der Waals surface area (Å²) >= 11 is 7.27. The number of para-hydroxylation sites is 2. The van der Waals surface area contributed by atoms with Crippen molar-refractivity contribution in [3.8, 4) is 0 Å². The van der Waals surface area contributed by atoms with Gasteiger partial charge < -0.3 is 9.88 Å². The van der Waals surface area contributed by atoms with E-state index in [9.17, 15) is 9.18 Å². The monoisotopic (exact) mass is 363 g/mol. The van der Waals surface area contributed by atoms with Crippen LogP contribution >= 0.6 is 23.4 Å². The first-order valence-corrected chi connectivity index (χ1v) is 8.78. The third-order valence-electron chi connectivity index (χ3n) is 3.47. The lowest BCUT2D eigenvalue weighted by Crippen LogP contribution is -2.15. The van der Waals surface area contributed by atoms with E-state index in [2.05, 4.69) is 14.9 Å². The van der Waals surface area contributed by atoms with Crippen molar-refractivity contribution in [2.24, 2.45) is 0 Å². The highest BCUT2D eigenvalue weighted by Crippen LogP contribution is 2.25. The van der Waals surface area contributed by atoms with Gasteiger partial charge in [-0.3, -0.25) is 4.79 Å². The SMILES string of the molecule is CCn1c(SCC(=O)Nc2ccc(F)cc2Cl)nc2ccccc21. The van der Waals surface area contributed by atoms with E-state index in [1.807, 2.05) is 31.2 Å². The third kappa shape index (κ3) is 3.55. The van der Waals surface area contributed by atoms with Gasteiger partial charge in [-0.15, -0.1) is 0 Å². The van der Waals surface area contributed by atoms with Crippen LogP contribution in [0.2, 0.25) is 5.02 Å². The maximum atomic E-state index is 13.0. The van der Waals surface area contributed by atoms with E-state index in [1.54, 1.807) is 0 Å². The second kappa shape index (κ2) is 7.23. The molecule has 0 bridgehead atoms. The fourth-order valence-corrected chi connectivity index (χ4v) is 3.47. The smallest absolute Gasteiger partial charge is 0.234 e. The van der Waals surface area contributed by atoms with E-state index >= 15 is 0 Å². The number of aromatic nitrogens is 2. The molecule has 0 aliphatic rings. The number of rotatable bonds is 5. The number of anilines is 1. The summed E-state index contributed by atoms with van der Waals surface area (Å²) in [4.78, 5) is 16.7. The van der Waals surface area contributed by atoms with Crippen LogP contribution in [0.1, 0.15) is 6.92 Å². The zero-order chi connectivity index (χ0) is 17.1. The van der Waals surface area contributed by atoms with Crippen molar-refractivity contribution < 1.29 is 9.18 Å².